The van der Waals surface area contributed by atoms with Crippen LogP contribution in [0.1, 0.15) is 66.2 Å². The molecule has 178 valence electrons. The van der Waals surface area contributed by atoms with Crippen molar-refractivity contribution in [3.63, 3.8) is 0 Å². The molecule has 4 rings (SSSR count). The zero-order valence-corrected chi connectivity index (χ0v) is 21.0. The van der Waals surface area contributed by atoms with Crippen molar-refractivity contribution in [1.82, 2.24) is 0 Å². The summed E-state index contributed by atoms with van der Waals surface area (Å²) >= 11 is 0. The van der Waals surface area contributed by atoms with Crippen LogP contribution in [0.5, 0.6) is 5.75 Å². The Labute approximate surface area is 202 Å². The fourth-order valence-corrected chi connectivity index (χ4v) is 5.58. The van der Waals surface area contributed by atoms with E-state index in [9.17, 15) is 13.2 Å². The van der Waals surface area contributed by atoms with Gasteiger partial charge < -0.3 is 4.74 Å². The topological polar surface area (TPSA) is 72.5 Å². The van der Waals surface area contributed by atoms with Crippen molar-refractivity contribution in [3.05, 3.63) is 88.5 Å². The largest absolute Gasteiger partial charge is 0.495 e. The van der Waals surface area contributed by atoms with Crippen LogP contribution in [-0.4, -0.2) is 21.3 Å². The molecule has 0 spiro atoms. The third-order valence-electron chi connectivity index (χ3n) is 6.31. The van der Waals surface area contributed by atoms with Crippen molar-refractivity contribution in [3.8, 4) is 5.75 Å². The standard InChI is InChI=1S/C28H31NO4S/c1-28(2,3)23-14-12-19(13-15-23)27(30)22-10-7-11-24(16-22)29-34(31,32)26-18-21-9-6-5-8-20(21)17-25(26)33-4/h7,10-18,29H,5-6,8-9H2,1-4H3. The molecule has 0 atom stereocenters. The molecule has 0 aliphatic heterocycles. The molecular formula is C28H31NO4S. The molecule has 1 aliphatic rings. The van der Waals surface area contributed by atoms with Crippen molar-refractivity contribution in [2.45, 2.75) is 56.8 Å². The van der Waals surface area contributed by atoms with E-state index in [1.165, 1.54) is 7.11 Å². The number of fused-ring (bicyclic) bond motifs is 1. The van der Waals surface area contributed by atoms with Gasteiger partial charge in [0.15, 0.2) is 5.78 Å². The van der Waals surface area contributed by atoms with E-state index in [2.05, 4.69) is 25.5 Å². The van der Waals surface area contributed by atoms with Crippen molar-refractivity contribution >= 4 is 21.5 Å². The second-order valence-corrected chi connectivity index (χ2v) is 11.5. The Balaban J connectivity index is 1.60. The number of rotatable bonds is 6. The molecular weight excluding hydrogens is 446 g/mol. The summed E-state index contributed by atoms with van der Waals surface area (Å²) in [7, 11) is -2.42. The molecule has 0 radical (unpaired) electrons. The van der Waals surface area contributed by atoms with E-state index in [0.29, 0.717) is 22.6 Å². The van der Waals surface area contributed by atoms with Crippen molar-refractivity contribution in [1.29, 1.82) is 0 Å². The van der Waals surface area contributed by atoms with Crippen LogP contribution in [0, 0.1) is 0 Å². The maximum absolute atomic E-state index is 13.3. The van der Waals surface area contributed by atoms with Gasteiger partial charge in [-0.3, -0.25) is 9.52 Å². The van der Waals surface area contributed by atoms with E-state index in [1.54, 1.807) is 30.3 Å². The lowest BCUT2D eigenvalue weighted by atomic mass is 9.86. The zero-order valence-electron chi connectivity index (χ0n) is 20.1. The predicted octanol–water partition coefficient (Wildman–Crippen LogP) is 5.90. The van der Waals surface area contributed by atoms with Gasteiger partial charge in [0.2, 0.25) is 0 Å². The molecule has 0 unspecified atom stereocenters. The average Bonchev–Trinajstić information content (AvgIpc) is 2.82. The monoisotopic (exact) mass is 477 g/mol. The van der Waals surface area contributed by atoms with Gasteiger partial charge in [-0.1, -0.05) is 57.2 Å². The SMILES string of the molecule is COc1cc2c(cc1S(=O)(=O)Nc1cccc(C(=O)c3ccc(C(C)(C)C)cc3)c1)CCCC2. The third kappa shape index (κ3) is 5.02. The van der Waals surface area contributed by atoms with Gasteiger partial charge in [-0.25, -0.2) is 8.42 Å². The van der Waals surface area contributed by atoms with E-state index < -0.39 is 10.0 Å². The summed E-state index contributed by atoms with van der Waals surface area (Å²) in [5.41, 5.74) is 4.64. The summed E-state index contributed by atoms with van der Waals surface area (Å²) in [6.07, 6.45) is 3.94. The number of methoxy groups -OCH3 is 1. The number of sulfonamides is 1. The van der Waals surface area contributed by atoms with Crippen LogP contribution in [0.15, 0.2) is 65.6 Å². The molecule has 0 saturated carbocycles. The van der Waals surface area contributed by atoms with Crippen LogP contribution in [0.2, 0.25) is 0 Å². The lowest BCUT2D eigenvalue weighted by Crippen LogP contribution is -2.16. The summed E-state index contributed by atoms with van der Waals surface area (Å²) in [4.78, 5) is 13.2. The Morgan fingerprint density at radius 3 is 2.15 bits per heavy atom. The Morgan fingerprint density at radius 1 is 0.882 bits per heavy atom. The van der Waals surface area contributed by atoms with Gasteiger partial charge in [0, 0.05) is 16.8 Å². The highest BCUT2D eigenvalue weighted by Gasteiger charge is 2.24. The van der Waals surface area contributed by atoms with Gasteiger partial charge in [-0.15, -0.1) is 0 Å². The van der Waals surface area contributed by atoms with Crippen LogP contribution in [0.4, 0.5) is 5.69 Å². The number of ether oxygens (including phenoxy) is 1. The van der Waals surface area contributed by atoms with Gasteiger partial charge in [0.1, 0.15) is 10.6 Å². The summed E-state index contributed by atoms with van der Waals surface area (Å²) in [5, 5.41) is 0. The number of ketones is 1. The molecule has 6 heteroatoms. The van der Waals surface area contributed by atoms with Crippen LogP contribution in [0.25, 0.3) is 0 Å². The molecule has 0 aromatic heterocycles. The fraction of sp³-hybridized carbons (Fsp3) is 0.321. The average molecular weight is 478 g/mol. The van der Waals surface area contributed by atoms with E-state index in [1.807, 2.05) is 30.3 Å². The molecule has 0 bridgehead atoms. The summed E-state index contributed by atoms with van der Waals surface area (Å²) in [6.45, 7) is 6.37. The normalized spacial score (nSPS) is 13.8. The molecule has 0 heterocycles. The maximum Gasteiger partial charge on any atom is 0.265 e. The number of anilines is 1. The van der Waals surface area contributed by atoms with E-state index >= 15 is 0 Å². The lowest BCUT2D eigenvalue weighted by molar-refractivity contribution is 0.103. The minimum Gasteiger partial charge on any atom is -0.495 e. The first-order valence-electron chi connectivity index (χ1n) is 11.6. The summed E-state index contributed by atoms with van der Waals surface area (Å²) < 4.78 is 34.6. The number of hydrogen-bond acceptors (Lipinski definition) is 4. The second-order valence-electron chi connectivity index (χ2n) is 9.82. The first-order valence-corrected chi connectivity index (χ1v) is 13.0. The molecule has 3 aromatic rings. The van der Waals surface area contributed by atoms with Crippen LogP contribution >= 0.6 is 0 Å². The van der Waals surface area contributed by atoms with Gasteiger partial charge in [-0.2, -0.15) is 0 Å². The Bertz CT molecular complexity index is 1320. The maximum atomic E-state index is 13.3. The Morgan fingerprint density at radius 2 is 1.53 bits per heavy atom. The van der Waals surface area contributed by atoms with Gasteiger partial charge in [-0.05, 0) is 72.1 Å². The molecule has 34 heavy (non-hydrogen) atoms. The first kappa shape index (κ1) is 24.0. The van der Waals surface area contributed by atoms with Crippen molar-refractivity contribution in [2.24, 2.45) is 0 Å². The number of benzene rings is 3. The molecule has 1 N–H and O–H groups in total. The smallest absolute Gasteiger partial charge is 0.265 e. The van der Waals surface area contributed by atoms with Crippen LogP contribution in [0.3, 0.4) is 0 Å². The molecule has 1 aliphatic carbocycles. The third-order valence-corrected chi connectivity index (χ3v) is 7.71. The van der Waals surface area contributed by atoms with Gasteiger partial charge >= 0.3 is 0 Å². The number of aryl methyl sites for hydroxylation is 2. The highest BCUT2D eigenvalue weighted by atomic mass is 32.2. The highest BCUT2D eigenvalue weighted by molar-refractivity contribution is 7.92. The van der Waals surface area contributed by atoms with E-state index in [4.69, 9.17) is 4.74 Å². The zero-order chi connectivity index (χ0) is 24.5. The number of hydrogen-bond donors (Lipinski definition) is 1. The van der Waals surface area contributed by atoms with Crippen LogP contribution in [-0.2, 0) is 28.3 Å². The van der Waals surface area contributed by atoms with Crippen molar-refractivity contribution < 1.29 is 17.9 Å². The molecule has 0 fully saturated rings. The Hall–Kier alpha value is -3.12. The van der Waals surface area contributed by atoms with E-state index in [0.717, 1.165) is 42.4 Å². The van der Waals surface area contributed by atoms with Gasteiger partial charge in [0.05, 0.1) is 7.11 Å². The second kappa shape index (κ2) is 9.26. The molecule has 5 nitrogen and oxygen atoms in total. The molecule has 0 amide bonds. The Kier molecular flexibility index (Phi) is 6.54. The number of carbonyl (C=O) groups is 1. The molecule has 0 saturated heterocycles. The minimum atomic E-state index is -3.90. The summed E-state index contributed by atoms with van der Waals surface area (Å²) in [6, 6.07) is 17.7. The fourth-order valence-electron chi connectivity index (χ4n) is 4.33. The quantitative estimate of drug-likeness (QED) is 0.449. The minimum absolute atomic E-state index is 0.00246. The van der Waals surface area contributed by atoms with Crippen LogP contribution < -0.4 is 9.46 Å². The molecule has 3 aromatic carbocycles. The van der Waals surface area contributed by atoms with Crippen molar-refractivity contribution in [2.75, 3.05) is 11.8 Å². The predicted molar refractivity (Wildman–Crippen MR) is 135 cm³/mol. The number of carbonyl (C=O) groups excluding carboxylic acids is 1. The van der Waals surface area contributed by atoms with E-state index in [-0.39, 0.29) is 16.1 Å². The summed E-state index contributed by atoms with van der Waals surface area (Å²) in [5.74, 6) is 0.173. The number of nitrogens with one attached hydrogen (secondary N) is 1. The first-order chi connectivity index (χ1) is 16.1. The highest BCUT2D eigenvalue weighted by Crippen LogP contribution is 2.33. The van der Waals surface area contributed by atoms with Gasteiger partial charge in [0.25, 0.3) is 10.0 Å². The lowest BCUT2D eigenvalue weighted by Gasteiger charge is -2.20.